The molecule has 0 aliphatic heterocycles. The third-order valence-corrected chi connectivity index (χ3v) is 3.34. The number of rotatable bonds is 5. The summed E-state index contributed by atoms with van der Waals surface area (Å²) in [5, 5.41) is 3.54. The molecule has 1 unspecified atom stereocenters. The number of aryl methyl sites for hydroxylation is 1. The minimum absolute atomic E-state index is 0.413. The van der Waals surface area contributed by atoms with E-state index < -0.39 is 0 Å². The Balaban J connectivity index is 2.65. The van der Waals surface area contributed by atoms with Gasteiger partial charge in [0.25, 0.3) is 0 Å². The fraction of sp³-hybridized carbons (Fsp3) is 0.538. The fourth-order valence-electron chi connectivity index (χ4n) is 1.44. The standard InChI is InChI=1S/C13H19NS/c1-4-6-7-12(14-10-5-2)13-9-8-11(3)15-13/h8-9,12,14H,5,7,10H2,1-3H3. The van der Waals surface area contributed by atoms with E-state index in [2.05, 4.69) is 43.1 Å². The zero-order valence-corrected chi connectivity index (χ0v) is 10.6. The first-order valence-electron chi connectivity index (χ1n) is 5.47. The van der Waals surface area contributed by atoms with Crippen molar-refractivity contribution in [2.45, 2.75) is 39.7 Å². The molecule has 82 valence electrons. The van der Waals surface area contributed by atoms with E-state index in [0.717, 1.165) is 13.0 Å². The zero-order valence-electron chi connectivity index (χ0n) is 9.76. The Morgan fingerprint density at radius 1 is 1.47 bits per heavy atom. The second-order valence-corrected chi connectivity index (χ2v) is 4.91. The quantitative estimate of drug-likeness (QED) is 0.750. The average Bonchev–Trinajstić information content (AvgIpc) is 2.65. The van der Waals surface area contributed by atoms with Crippen molar-refractivity contribution >= 4 is 11.3 Å². The average molecular weight is 221 g/mol. The molecule has 1 N–H and O–H groups in total. The van der Waals surface area contributed by atoms with E-state index in [1.165, 1.54) is 16.2 Å². The molecule has 0 aromatic carbocycles. The molecule has 1 rings (SSSR count). The molecule has 0 radical (unpaired) electrons. The third kappa shape index (κ3) is 4.07. The predicted octanol–water partition coefficient (Wildman–Crippen LogP) is 3.51. The van der Waals surface area contributed by atoms with Gasteiger partial charge in [-0.1, -0.05) is 6.92 Å². The summed E-state index contributed by atoms with van der Waals surface area (Å²) in [4.78, 5) is 2.78. The highest BCUT2D eigenvalue weighted by Crippen LogP contribution is 2.24. The molecule has 0 aliphatic rings. The minimum Gasteiger partial charge on any atom is -0.308 e. The highest BCUT2D eigenvalue weighted by molar-refractivity contribution is 7.12. The van der Waals surface area contributed by atoms with E-state index in [1.54, 1.807) is 0 Å². The lowest BCUT2D eigenvalue weighted by Crippen LogP contribution is -2.20. The van der Waals surface area contributed by atoms with Crippen LogP contribution in [0.1, 0.15) is 42.5 Å². The van der Waals surface area contributed by atoms with Gasteiger partial charge in [-0.15, -0.1) is 23.2 Å². The summed E-state index contributed by atoms with van der Waals surface area (Å²) in [6.45, 7) is 7.30. The summed E-state index contributed by atoms with van der Waals surface area (Å²) in [6, 6.07) is 4.81. The zero-order chi connectivity index (χ0) is 11.1. The fourth-order valence-corrected chi connectivity index (χ4v) is 2.39. The second kappa shape index (κ2) is 6.66. The van der Waals surface area contributed by atoms with Crippen LogP contribution in [0.4, 0.5) is 0 Å². The van der Waals surface area contributed by atoms with E-state index in [-0.39, 0.29) is 0 Å². The molecule has 1 heterocycles. The van der Waals surface area contributed by atoms with E-state index in [9.17, 15) is 0 Å². The Morgan fingerprint density at radius 2 is 2.27 bits per heavy atom. The van der Waals surface area contributed by atoms with Gasteiger partial charge in [-0.2, -0.15) is 0 Å². The van der Waals surface area contributed by atoms with Gasteiger partial charge in [0.05, 0.1) is 6.04 Å². The molecule has 0 fully saturated rings. The van der Waals surface area contributed by atoms with E-state index in [4.69, 9.17) is 0 Å². The molecule has 1 nitrogen and oxygen atoms in total. The molecule has 2 heteroatoms. The smallest absolute Gasteiger partial charge is 0.0525 e. The van der Waals surface area contributed by atoms with Gasteiger partial charge < -0.3 is 5.32 Å². The van der Waals surface area contributed by atoms with Crippen LogP contribution < -0.4 is 5.32 Å². The van der Waals surface area contributed by atoms with Crippen LogP contribution in [0, 0.1) is 18.8 Å². The molecule has 0 spiro atoms. The summed E-state index contributed by atoms with van der Waals surface area (Å²) in [5.41, 5.74) is 0. The molecular formula is C13H19NS. The number of nitrogens with one attached hydrogen (secondary N) is 1. The van der Waals surface area contributed by atoms with Gasteiger partial charge >= 0.3 is 0 Å². The number of hydrogen-bond acceptors (Lipinski definition) is 2. The lowest BCUT2D eigenvalue weighted by molar-refractivity contribution is 0.550. The first-order valence-corrected chi connectivity index (χ1v) is 6.29. The maximum atomic E-state index is 3.54. The maximum absolute atomic E-state index is 3.54. The topological polar surface area (TPSA) is 12.0 Å². The van der Waals surface area contributed by atoms with Crippen LogP contribution in [-0.2, 0) is 0 Å². The summed E-state index contributed by atoms with van der Waals surface area (Å²) in [5.74, 6) is 6.12. The lowest BCUT2D eigenvalue weighted by Gasteiger charge is -2.13. The number of hydrogen-bond donors (Lipinski definition) is 1. The SMILES string of the molecule is CC#CCC(NCCC)c1ccc(C)s1. The normalized spacial score (nSPS) is 11.9. The molecule has 0 saturated carbocycles. The Hall–Kier alpha value is -0.780. The molecule has 15 heavy (non-hydrogen) atoms. The maximum Gasteiger partial charge on any atom is 0.0525 e. The second-order valence-electron chi connectivity index (χ2n) is 3.59. The van der Waals surface area contributed by atoms with Crippen LogP contribution in [0.2, 0.25) is 0 Å². The van der Waals surface area contributed by atoms with Crippen molar-refractivity contribution in [2.75, 3.05) is 6.54 Å². The third-order valence-electron chi connectivity index (χ3n) is 2.23. The monoisotopic (exact) mass is 221 g/mol. The molecule has 0 saturated heterocycles. The largest absolute Gasteiger partial charge is 0.308 e. The molecular weight excluding hydrogens is 202 g/mol. The van der Waals surface area contributed by atoms with Crippen molar-refractivity contribution in [3.8, 4) is 11.8 Å². The van der Waals surface area contributed by atoms with Gasteiger partial charge in [0.15, 0.2) is 0 Å². The lowest BCUT2D eigenvalue weighted by atomic mass is 10.1. The Morgan fingerprint density at radius 3 is 2.80 bits per heavy atom. The van der Waals surface area contributed by atoms with Crippen molar-refractivity contribution in [1.82, 2.24) is 5.32 Å². The Kier molecular flexibility index (Phi) is 5.45. The van der Waals surface area contributed by atoms with Crippen LogP contribution in [0.3, 0.4) is 0 Å². The van der Waals surface area contributed by atoms with Crippen LogP contribution in [0.15, 0.2) is 12.1 Å². The van der Waals surface area contributed by atoms with Gasteiger partial charge in [0.1, 0.15) is 0 Å². The van der Waals surface area contributed by atoms with Crippen LogP contribution in [-0.4, -0.2) is 6.54 Å². The van der Waals surface area contributed by atoms with Crippen molar-refractivity contribution in [3.63, 3.8) is 0 Å². The van der Waals surface area contributed by atoms with E-state index in [0.29, 0.717) is 6.04 Å². The van der Waals surface area contributed by atoms with Gasteiger partial charge in [-0.05, 0) is 38.9 Å². The Labute approximate surface area is 96.9 Å². The highest BCUT2D eigenvalue weighted by Gasteiger charge is 2.10. The predicted molar refractivity (Wildman–Crippen MR) is 68.2 cm³/mol. The van der Waals surface area contributed by atoms with Crippen LogP contribution >= 0.6 is 11.3 Å². The number of thiophene rings is 1. The molecule has 0 amide bonds. The molecule has 0 aliphatic carbocycles. The van der Waals surface area contributed by atoms with Crippen LogP contribution in [0.5, 0.6) is 0 Å². The summed E-state index contributed by atoms with van der Waals surface area (Å²) < 4.78 is 0. The molecule has 1 aromatic heterocycles. The Bertz CT molecular complexity index is 343. The summed E-state index contributed by atoms with van der Waals surface area (Å²) in [6.07, 6.45) is 2.08. The first-order chi connectivity index (χ1) is 7.27. The minimum atomic E-state index is 0.413. The molecule has 0 bridgehead atoms. The first kappa shape index (κ1) is 12.3. The summed E-state index contributed by atoms with van der Waals surface area (Å²) in [7, 11) is 0. The van der Waals surface area contributed by atoms with Crippen molar-refractivity contribution in [2.24, 2.45) is 0 Å². The van der Waals surface area contributed by atoms with Crippen molar-refractivity contribution in [1.29, 1.82) is 0 Å². The van der Waals surface area contributed by atoms with Gasteiger partial charge in [0, 0.05) is 16.2 Å². The molecule has 1 atom stereocenters. The molecule has 1 aromatic rings. The van der Waals surface area contributed by atoms with Crippen molar-refractivity contribution in [3.05, 3.63) is 21.9 Å². The van der Waals surface area contributed by atoms with Gasteiger partial charge in [0.2, 0.25) is 0 Å². The van der Waals surface area contributed by atoms with Gasteiger partial charge in [-0.3, -0.25) is 0 Å². The van der Waals surface area contributed by atoms with E-state index >= 15 is 0 Å². The van der Waals surface area contributed by atoms with Gasteiger partial charge in [-0.25, -0.2) is 0 Å². The van der Waals surface area contributed by atoms with Crippen LogP contribution in [0.25, 0.3) is 0 Å². The highest BCUT2D eigenvalue weighted by atomic mass is 32.1. The van der Waals surface area contributed by atoms with Crippen molar-refractivity contribution < 1.29 is 0 Å². The summed E-state index contributed by atoms with van der Waals surface area (Å²) >= 11 is 1.87. The van der Waals surface area contributed by atoms with E-state index in [1.807, 2.05) is 18.3 Å².